The molecular formula is C15H19N3O5. The van der Waals surface area contributed by atoms with E-state index in [4.69, 9.17) is 5.73 Å². The highest BCUT2D eigenvalue weighted by molar-refractivity contribution is 6.02. The van der Waals surface area contributed by atoms with Gasteiger partial charge in [-0.2, -0.15) is 5.10 Å². The first-order valence-electron chi connectivity index (χ1n) is 6.82. The Morgan fingerprint density at radius 2 is 1.70 bits per heavy atom. The van der Waals surface area contributed by atoms with E-state index in [1.165, 1.54) is 14.2 Å². The molecule has 8 nitrogen and oxygen atoms in total. The van der Waals surface area contributed by atoms with E-state index in [9.17, 15) is 14.4 Å². The van der Waals surface area contributed by atoms with E-state index < -0.39 is 23.9 Å². The number of nitrogens with one attached hydrogen (secondary N) is 1. The number of nitrogens with zero attached hydrogens (tertiary/aromatic N) is 1. The van der Waals surface area contributed by atoms with Crippen LogP contribution in [0.4, 0.5) is 4.79 Å². The molecule has 0 aliphatic rings. The molecule has 3 N–H and O–H groups in total. The van der Waals surface area contributed by atoms with Gasteiger partial charge in [0, 0.05) is 0 Å². The summed E-state index contributed by atoms with van der Waals surface area (Å²) < 4.78 is 9.20. The minimum atomic E-state index is -1.06. The van der Waals surface area contributed by atoms with Crippen LogP contribution >= 0.6 is 0 Å². The number of amides is 2. The van der Waals surface area contributed by atoms with E-state index in [-0.39, 0.29) is 12.8 Å². The molecule has 0 unspecified atom stereocenters. The quantitative estimate of drug-likeness (QED) is 0.333. The predicted octanol–water partition coefficient (Wildman–Crippen LogP) is 0.801. The highest BCUT2D eigenvalue weighted by Gasteiger charge is 2.28. The van der Waals surface area contributed by atoms with Crippen LogP contribution in [0, 0.1) is 5.92 Å². The Bertz CT molecular complexity index is 570. The number of carbonyl (C=O) groups is 3. The zero-order valence-corrected chi connectivity index (χ0v) is 12.9. The highest BCUT2D eigenvalue weighted by atomic mass is 16.5. The number of nitrogens with two attached hydrogens (primary N) is 1. The number of urea groups is 1. The van der Waals surface area contributed by atoms with E-state index in [2.05, 4.69) is 20.0 Å². The summed E-state index contributed by atoms with van der Waals surface area (Å²) in [5.41, 5.74) is 8.36. The van der Waals surface area contributed by atoms with Crippen LogP contribution in [0.2, 0.25) is 0 Å². The number of methoxy groups -OCH3 is 2. The fourth-order valence-corrected chi connectivity index (χ4v) is 1.92. The van der Waals surface area contributed by atoms with Gasteiger partial charge in [-0.1, -0.05) is 30.3 Å². The van der Waals surface area contributed by atoms with E-state index in [0.29, 0.717) is 5.71 Å². The van der Waals surface area contributed by atoms with Gasteiger partial charge in [0.1, 0.15) is 0 Å². The molecule has 0 radical (unpaired) electrons. The number of rotatable bonds is 7. The summed E-state index contributed by atoms with van der Waals surface area (Å²) in [7, 11) is 2.39. The summed E-state index contributed by atoms with van der Waals surface area (Å²) in [5.74, 6) is -2.44. The molecule has 0 saturated carbocycles. The maximum absolute atomic E-state index is 11.7. The first-order chi connectivity index (χ1) is 11.0. The molecule has 0 aliphatic carbocycles. The van der Waals surface area contributed by atoms with Crippen molar-refractivity contribution in [2.75, 3.05) is 14.2 Å². The van der Waals surface area contributed by atoms with E-state index in [0.717, 1.165) is 5.56 Å². The summed E-state index contributed by atoms with van der Waals surface area (Å²) in [5, 5.41) is 3.92. The molecule has 23 heavy (non-hydrogen) atoms. The third-order valence-corrected chi connectivity index (χ3v) is 3.05. The molecule has 1 aromatic carbocycles. The van der Waals surface area contributed by atoms with Gasteiger partial charge in [-0.3, -0.25) is 9.59 Å². The van der Waals surface area contributed by atoms with Crippen molar-refractivity contribution in [2.24, 2.45) is 16.8 Å². The molecule has 1 rings (SSSR count). The fraction of sp³-hybridized carbons (Fsp3) is 0.333. The second kappa shape index (κ2) is 9.19. The first kappa shape index (κ1) is 18.1. The number of hydrogen-bond acceptors (Lipinski definition) is 6. The van der Waals surface area contributed by atoms with Crippen molar-refractivity contribution >= 4 is 23.7 Å². The van der Waals surface area contributed by atoms with Gasteiger partial charge >= 0.3 is 18.0 Å². The van der Waals surface area contributed by atoms with Crippen molar-refractivity contribution in [3.8, 4) is 0 Å². The molecule has 0 bridgehead atoms. The number of primary amides is 1. The number of hydrazone groups is 1. The Labute approximate surface area is 133 Å². The topological polar surface area (TPSA) is 120 Å². The standard InChI is InChI=1S/C15H19N3O5/c1-22-13(19)11(14(20)23-2)8-9-12(17-18-15(16)21)10-6-4-3-5-7-10/h3-7,11H,8-9H2,1-2H3,(H3,16,18,21). The monoisotopic (exact) mass is 321 g/mol. The molecule has 124 valence electrons. The second-order valence-electron chi connectivity index (χ2n) is 4.54. The fourth-order valence-electron chi connectivity index (χ4n) is 1.92. The van der Waals surface area contributed by atoms with E-state index >= 15 is 0 Å². The predicted molar refractivity (Wildman–Crippen MR) is 82.5 cm³/mol. The molecule has 0 fully saturated rings. The minimum absolute atomic E-state index is 0.119. The van der Waals surface area contributed by atoms with Crippen molar-refractivity contribution in [3.05, 3.63) is 35.9 Å². The lowest BCUT2D eigenvalue weighted by Crippen LogP contribution is -2.28. The van der Waals surface area contributed by atoms with Crippen molar-refractivity contribution in [3.63, 3.8) is 0 Å². The van der Waals surface area contributed by atoms with Crippen molar-refractivity contribution in [1.82, 2.24) is 5.43 Å². The van der Waals surface area contributed by atoms with E-state index in [1.807, 2.05) is 6.07 Å². The van der Waals surface area contributed by atoms with Crippen LogP contribution in [0.1, 0.15) is 18.4 Å². The van der Waals surface area contributed by atoms with Gasteiger partial charge in [-0.15, -0.1) is 0 Å². The lowest BCUT2D eigenvalue weighted by atomic mass is 9.98. The molecule has 0 heterocycles. The average molecular weight is 321 g/mol. The van der Waals surface area contributed by atoms with Crippen LogP contribution in [-0.4, -0.2) is 37.9 Å². The zero-order valence-electron chi connectivity index (χ0n) is 12.9. The molecule has 2 amide bonds. The van der Waals surface area contributed by atoms with Crippen molar-refractivity contribution in [1.29, 1.82) is 0 Å². The van der Waals surface area contributed by atoms with Crippen LogP contribution in [0.3, 0.4) is 0 Å². The number of benzene rings is 1. The van der Waals surface area contributed by atoms with E-state index in [1.54, 1.807) is 24.3 Å². The number of hydrogen-bond donors (Lipinski definition) is 2. The summed E-state index contributed by atoms with van der Waals surface area (Å²) in [6, 6.07) is 8.19. The smallest absolute Gasteiger partial charge is 0.332 e. The first-order valence-corrected chi connectivity index (χ1v) is 6.82. The van der Waals surface area contributed by atoms with Crippen LogP contribution in [-0.2, 0) is 19.1 Å². The van der Waals surface area contributed by atoms with Crippen LogP contribution in [0.25, 0.3) is 0 Å². The van der Waals surface area contributed by atoms with Gasteiger partial charge in [-0.25, -0.2) is 10.2 Å². The lowest BCUT2D eigenvalue weighted by molar-refractivity contribution is -0.158. The average Bonchev–Trinajstić information content (AvgIpc) is 2.57. The molecule has 0 aliphatic heterocycles. The molecular weight excluding hydrogens is 302 g/mol. The summed E-state index contributed by atoms with van der Waals surface area (Å²) in [4.78, 5) is 34.2. The summed E-state index contributed by atoms with van der Waals surface area (Å²) >= 11 is 0. The van der Waals surface area contributed by atoms with Gasteiger partial charge in [0.05, 0.1) is 19.9 Å². The Balaban J connectivity index is 2.92. The van der Waals surface area contributed by atoms with Gasteiger partial charge < -0.3 is 15.2 Å². The summed E-state index contributed by atoms with van der Waals surface area (Å²) in [6.45, 7) is 0. The Morgan fingerprint density at radius 1 is 1.13 bits per heavy atom. The van der Waals surface area contributed by atoms with Gasteiger partial charge in [0.15, 0.2) is 5.92 Å². The maximum atomic E-state index is 11.7. The molecule has 1 aromatic rings. The molecule has 0 aromatic heterocycles. The molecule has 8 heteroatoms. The SMILES string of the molecule is COC(=O)C(CCC(=NNC(N)=O)c1ccccc1)C(=O)OC. The molecule has 0 saturated heterocycles. The van der Waals surface area contributed by atoms with Crippen molar-refractivity contribution < 1.29 is 23.9 Å². The molecule has 0 spiro atoms. The highest BCUT2D eigenvalue weighted by Crippen LogP contribution is 2.15. The van der Waals surface area contributed by atoms with Gasteiger partial charge in [0.2, 0.25) is 0 Å². The Kier molecular flexibility index (Phi) is 7.25. The van der Waals surface area contributed by atoms with Crippen molar-refractivity contribution in [2.45, 2.75) is 12.8 Å². The third kappa shape index (κ3) is 5.77. The normalized spacial score (nSPS) is 11.0. The lowest BCUT2D eigenvalue weighted by Gasteiger charge is -2.13. The second-order valence-corrected chi connectivity index (χ2v) is 4.54. The number of esters is 2. The zero-order chi connectivity index (χ0) is 17.2. The minimum Gasteiger partial charge on any atom is -0.468 e. The van der Waals surface area contributed by atoms with Gasteiger partial charge in [0.25, 0.3) is 0 Å². The summed E-state index contributed by atoms with van der Waals surface area (Å²) in [6.07, 6.45) is 0.354. The Morgan fingerprint density at radius 3 is 2.17 bits per heavy atom. The Hall–Kier alpha value is -2.90. The van der Waals surface area contributed by atoms with Crippen LogP contribution < -0.4 is 11.2 Å². The van der Waals surface area contributed by atoms with Crippen LogP contribution in [0.5, 0.6) is 0 Å². The van der Waals surface area contributed by atoms with Gasteiger partial charge in [-0.05, 0) is 18.4 Å². The maximum Gasteiger partial charge on any atom is 0.332 e. The number of carbonyl (C=O) groups excluding carboxylic acids is 3. The third-order valence-electron chi connectivity index (χ3n) is 3.05. The number of ether oxygens (including phenoxy) is 2. The molecule has 0 atom stereocenters. The largest absolute Gasteiger partial charge is 0.468 e. The van der Waals surface area contributed by atoms with Crippen LogP contribution in [0.15, 0.2) is 35.4 Å².